The standard InChI is InChI=1S/C15H33B/c1-5-8-15(13(2)3)10-7-6-9-14(4)11-12-16/h13-15H,5-12,16H2,1-4H3. The van der Waals surface area contributed by atoms with Crippen LogP contribution in [0.2, 0.25) is 6.32 Å². The summed E-state index contributed by atoms with van der Waals surface area (Å²) in [4.78, 5) is 0. The Bertz CT molecular complexity index is 142. The van der Waals surface area contributed by atoms with Crippen LogP contribution < -0.4 is 0 Å². The Morgan fingerprint density at radius 2 is 1.50 bits per heavy atom. The minimum atomic E-state index is 0.882. The Labute approximate surface area is 105 Å². The van der Waals surface area contributed by atoms with Crippen LogP contribution in [0.3, 0.4) is 0 Å². The van der Waals surface area contributed by atoms with E-state index in [1.54, 1.807) is 0 Å². The van der Waals surface area contributed by atoms with Crippen LogP contribution in [0.25, 0.3) is 0 Å². The van der Waals surface area contributed by atoms with Crippen molar-refractivity contribution in [1.29, 1.82) is 0 Å². The Hall–Kier alpha value is 0.0649. The van der Waals surface area contributed by atoms with Crippen molar-refractivity contribution in [3.8, 4) is 0 Å². The van der Waals surface area contributed by atoms with Crippen molar-refractivity contribution < 1.29 is 0 Å². The molecule has 0 fully saturated rings. The molecule has 96 valence electrons. The van der Waals surface area contributed by atoms with E-state index in [1.807, 2.05) is 0 Å². The van der Waals surface area contributed by atoms with E-state index in [2.05, 4.69) is 35.5 Å². The van der Waals surface area contributed by atoms with Crippen LogP contribution in [0.4, 0.5) is 0 Å². The summed E-state index contributed by atoms with van der Waals surface area (Å²) in [6.45, 7) is 9.51. The second-order valence-electron chi connectivity index (χ2n) is 5.97. The number of unbranched alkanes of at least 4 members (excludes halogenated alkanes) is 1. The average Bonchev–Trinajstić information content (AvgIpc) is 2.22. The average molecular weight is 224 g/mol. The fourth-order valence-corrected chi connectivity index (χ4v) is 2.72. The molecular weight excluding hydrogens is 191 g/mol. The highest BCUT2D eigenvalue weighted by Crippen LogP contribution is 2.24. The fourth-order valence-electron chi connectivity index (χ4n) is 2.72. The first-order valence-corrected chi connectivity index (χ1v) is 7.61. The Morgan fingerprint density at radius 3 is 2.00 bits per heavy atom. The summed E-state index contributed by atoms with van der Waals surface area (Å²) in [5, 5.41) is 0. The molecule has 0 aliphatic carbocycles. The lowest BCUT2D eigenvalue weighted by Crippen LogP contribution is -2.08. The fraction of sp³-hybridized carbons (Fsp3) is 1.00. The van der Waals surface area contributed by atoms with Crippen LogP contribution in [0, 0.1) is 17.8 Å². The minimum absolute atomic E-state index is 0.882. The molecule has 0 N–H and O–H groups in total. The van der Waals surface area contributed by atoms with E-state index in [9.17, 15) is 0 Å². The predicted octanol–water partition coefficient (Wildman–Crippen LogP) is 4.70. The molecule has 0 saturated carbocycles. The van der Waals surface area contributed by atoms with Crippen LogP contribution in [-0.2, 0) is 0 Å². The van der Waals surface area contributed by atoms with Crippen molar-refractivity contribution in [2.24, 2.45) is 17.8 Å². The van der Waals surface area contributed by atoms with Crippen LogP contribution in [-0.4, -0.2) is 7.85 Å². The first-order chi connectivity index (χ1) is 7.61. The van der Waals surface area contributed by atoms with E-state index >= 15 is 0 Å². The van der Waals surface area contributed by atoms with Crippen molar-refractivity contribution in [1.82, 2.24) is 0 Å². The van der Waals surface area contributed by atoms with Crippen LogP contribution in [0.5, 0.6) is 0 Å². The normalized spacial score (nSPS) is 15.3. The van der Waals surface area contributed by atoms with Gasteiger partial charge in [-0.3, -0.25) is 0 Å². The SMILES string of the molecule is BCCC(C)CCCCC(CCC)C(C)C. The summed E-state index contributed by atoms with van der Waals surface area (Å²) in [5.74, 6) is 2.81. The van der Waals surface area contributed by atoms with Gasteiger partial charge in [0.15, 0.2) is 0 Å². The molecule has 0 aromatic heterocycles. The van der Waals surface area contributed by atoms with Crippen molar-refractivity contribution in [3.05, 3.63) is 0 Å². The second-order valence-corrected chi connectivity index (χ2v) is 5.97. The first kappa shape index (κ1) is 16.1. The monoisotopic (exact) mass is 224 g/mol. The third-order valence-electron chi connectivity index (χ3n) is 3.91. The summed E-state index contributed by atoms with van der Waals surface area (Å²) in [6, 6.07) is 0. The van der Waals surface area contributed by atoms with Gasteiger partial charge in [-0.05, 0) is 17.8 Å². The van der Waals surface area contributed by atoms with Gasteiger partial charge in [0.2, 0.25) is 0 Å². The zero-order valence-corrected chi connectivity index (χ0v) is 12.4. The molecule has 0 aromatic rings. The van der Waals surface area contributed by atoms with Crippen molar-refractivity contribution in [2.75, 3.05) is 0 Å². The van der Waals surface area contributed by atoms with Crippen LogP contribution in [0.15, 0.2) is 0 Å². The van der Waals surface area contributed by atoms with Crippen molar-refractivity contribution >= 4 is 7.85 Å². The van der Waals surface area contributed by atoms with Gasteiger partial charge in [0, 0.05) is 0 Å². The highest BCUT2D eigenvalue weighted by molar-refractivity contribution is 6.08. The Balaban J connectivity index is 3.54. The van der Waals surface area contributed by atoms with Gasteiger partial charge in [0.05, 0.1) is 0 Å². The number of rotatable bonds is 10. The molecule has 0 spiro atoms. The quantitative estimate of drug-likeness (QED) is 0.373. The van der Waals surface area contributed by atoms with Gasteiger partial charge < -0.3 is 0 Å². The van der Waals surface area contributed by atoms with Gasteiger partial charge in [-0.1, -0.05) is 79.0 Å². The van der Waals surface area contributed by atoms with E-state index in [-0.39, 0.29) is 0 Å². The van der Waals surface area contributed by atoms with Gasteiger partial charge in [-0.25, -0.2) is 0 Å². The summed E-state index contributed by atoms with van der Waals surface area (Å²) < 4.78 is 0. The van der Waals surface area contributed by atoms with Crippen LogP contribution in [0.1, 0.15) is 72.6 Å². The summed E-state index contributed by atoms with van der Waals surface area (Å²) in [6.07, 6.45) is 11.4. The second kappa shape index (κ2) is 10.2. The third-order valence-corrected chi connectivity index (χ3v) is 3.91. The zero-order valence-electron chi connectivity index (χ0n) is 12.4. The lowest BCUT2D eigenvalue weighted by Gasteiger charge is -2.20. The van der Waals surface area contributed by atoms with Crippen molar-refractivity contribution in [3.63, 3.8) is 0 Å². The molecule has 2 atom stereocenters. The molecule has 16 heavy (non-hydrogen) atoms. The molecule has 0 radical (unpaired) electrons. The number of hydrogen-bond acceptors (Lipinski definition) is 0. The molecule has 0 rings (SSSR count). The van der Waals surface area contributed by atoms with E-state index in [4.69, 9.17) is 0 Å². The molecule has 0 aliphatic rings. The summed E-state index contributed by atoms with van der Waals surface area (Å²) >= 11 is 0. The van der Waals surface area contributed by atoms with Gasteiger partial charge in [0.25, 0.3) is 0 Å². The van der Waals surface area contributed by atoms with Gasteiger partial charge in [0.1, 0.15) is 7.85 Å². The first-order valence-electron chi connectivity index (χ1n) is 7.61. The maximum atomic E-state index is 2.41. The van der Waals surface area contributed by atoms with E-state index in [1.165, 1.54) is 51.3 Å². The number of hydrogen-bond donors (Lipinski definition) is 0. The molecular formula is C15H33B. The molecule has 2 unspecified atom stereocenters. The lowest BCUT2D eigenvalue weighted by atomic mass is 9.85. The highest BCUT2D eigenvalue weighted by Gasteiger charge is 2.11. The lowest BCUT2D eigenvalue weighted by molar-refractivity contribution is 0.317. The Morgan fingerprint density at radius 1 is 0.875 bits per heavy atom. The zero-order chi connectivity index (χ0) is 12.4. The molecule has 0 heterocycles. The molecule has 0 nitrogen and oxygen atoms in total. The van der Waals surface area contributed by atoms with E-state index in [0.717, 1.165) is 17.8 Å². The van der Waals surface area contributed by atoms with Gasteiger partial charge >= 0.3 is 0 Å². The molecule has 0 amide bonds. The topological polar surface area (TPSA) is 0 Å². The predicted molar refractivity (Wildman–Crippen MR) is 78.8 cm³/mol. The molecule has 0 aliphatic heterocycles. The smallest absolute Gasteiger partial charge is 0.0808 e. The van der Waals surface area contributed by atoms with E-state index in [0.29, 0.717) is 0 Å². The maximum absolute atomic E-state index is 2.41. The minimum Gasteiger partial charge on any atom is -0.0808 e. The van der Waals surface area contributed by atoms with Gasteiger partial charge in [-0.2, -0.15) is 0 Å². The van der Waals surface area contributed by atoms with Crippen LogP contribution >= 0.6 is 0 Å². The summed E-state index contributed by atoms with van der Waals surface area (Å²) in [7, 11) is 2.30. The largest absolute Gasteiger partial charge is 0.101 e. The molecule has 0 saturated heterocycles. The molecule has 0 aromatic carbocycles. The summed E-state index contributed by atoms with van der Waals surface area (Å²) in [5.41, 5.74) is 0. The van der Waals surface area contributed by atoms with Crippen molar-refractivity contribution in [2.45, 2.75) is 79.0 Å². The van der Waals surface area contributed by atoms with Gasteiger partial charge in [-0.15, -0.1) is 0 Å². The molecule has 1 heteroatoms. The van der Waals surface area contributed by atoms with E-state index < -0.39 is 0 Å². The third kappa shape index (κ3) is 8.24. The Kier molecular flexibility index (Phi) is 10.3. The highest BCUT2D eigenvalue weighted by atomic mass is 14.2. The maximum Gasteiger partial charge on any atom is 0.101 e. The molecule has 0 bridgehead atoms.